The van der Waals surface area contributed by atoms with Crippen LogP contribution in [0.4, 0.5) is 0 Å². The first-order valence-electron chi connectivity index (χ1n) is 6.96. The number of hydrogen-bond donors (Lipinski definition) is 2. The van der Waals surface area contributed by atoms with E-state index >= 15 is 0 Å². The number of hydrogen-bond acceptors (Lipinski definition) is 5. The Balaban J connectivity index is 2.17. The normalized spacial score (nSPS) is 18.9. The second kappa shape index (κ2) is 7.49. The molecule has 0 amide bonds. The van der Waals surface area contributed by atoms with Gasteiger partial charge in [0.2, 0.25) is 10.0 Å². The first-order valence-corrected chi connectivity index (χ1v) is 9.49. The van der Waals surface area contributed by atoms with E-state index in [2.05, 4.69) is 4.72 Å². The molecule has 0 saturated carbocycles. The third-order valence-corrected chi connectivity index (χ3v) is 6.39. The van der Waals surface area contributed by atoms with Crippen LogP contribution < -0.4 is 9.46 Å². The summed E-state index contributed by atoms with van der Waals surface area (Å²) >= 11 is 1.81. The lowest BCUT2D eigenvalue weighted by Crippen LogP contribution is -2.30. The Kier molecular flexibility index (Phi) is 5.92. The lowest BCUT2D eigenvalue weighted by Gasteiger charge is -2.14. The Morgan fingerprint density at radius 3 is 2.90 bits per heavy atom. The van der Waals surface area contributed by atoms with E-state index in [9.17, 15) is 8.42 Å². The molecule has 1 unspecified atom stereocenters. The quantitative estimate of drug-likeness (QED) is 0.790. The third-order valence-electron chi connectivity index (χ3n) is 3.46. The summed E-state index contributed by atoms with van der Waals surface area (Å²) in [5.41, 5.74) is 0.573. The molecule has 1 aliphatic rings. The SMILES string of the molecule is COc1ccc(S(=O)(=O)NCC2CCCS2)c(CCO)c1. The van der Waals surface area contributed by atoms with Gasteiger partial charge in [-0.1, -0.05) is 0 Å². The van der Waals surface area contributed by atoms with E-state index in [0.29, 0.717) is 23.1 Å². The summed E-state index contributed by atoms with van der Waals surface area (Å²) < 4.78 is 32.7. The fourth-order valence-electron chi connectivity index (χ4n) is 2.35. The molecule has 21 heavy (non-hydrogen) atoms. The van der Waals surface area contributed by atoms with Gasteiger partial charge in [0.15, 0.2) is 0 Å². The molecule has 5 nitrogen and oxygen atoms in total. The Morgan fingerprint density at radius 1 is 1.48 bits per heavy atom. The number of nitrogens with one attached hydrogen (secondary N) is 1. The second-order valence-electron chi connectivity index (χ2n) is 4.93. The van der Waals surface area contributed by atoms with Gasteiger partial charge in [0.1, 0.15) is 5.75 Å². The van der Waals surface area contributed by atoms with Crippen molar-refractivity contribution in [3.8, 4) is 5.75 Å². The summed E-state index contributed by atoms with van der Waals surface area (Å²) in [6.45, 7) is 0.353. The standard InChI is InChI=1S/C14H21NO4S2/c1-19-12-4-5-14(11(9-12)6-7-16)21(17,18)15-10-13-3-2-8-20-13/h4-5,9,13,15-16H,2-3,6-8,10H2,1H3. The Labute approximate surface area is 130 Å². The van der Waals surface area contributed by atoms with Crippen molar-refractivity contribution in [1.82, 2.24) is 4.72 Å². The van der Waals surface area contributed by atoms with E-state index in [1.807, 2.05) is 11.8 Å². The van der Waals surface area contributed by atoms with Crippen LogP contribution in [-0.2, 0) is 16.4 Å². The summed E-state index contributed by atoms with van der Waals surface area (Å²) in [7, 11) is -2.03. The lowest BCUT2D eigenvalue weighted by atomic mass is 10.1. The van der Waals surface area contributed by atoms with Crippen molar-refractivity contribution >= 4 is 21.8 Å². The van der Waals surface area contributed by atoms with Crippen molar-refractivity contribution < 1.29 is 18.3 Å². The molecule has 0 aliphatic carbocycles. The fourth-order valence-corrected chi connectivity index (χ4v) is 4.98. The molecule has 0 aromatic heterocycles. The van der Waals surface area contributed by atoms with Crippen LogP contribution in [-0.4, -0.2) is 44.8 Å². The molecule has 1 aromatic carbocycles. The van der Waals surface area contributed by atoms with Crippen LogP contribution in [0.3, 0.4) is 0 Å². The molecule has 2 rings (SSSR count). The minimum atomic E-state index is -3.56. The summed E-state index contributed by atoms with van der Waals surface area (Å²) in [6.07, 6.45) is 2.49. The molecule has 1 aliphatic heterocycles. The van der Waals surface area contributed by atoms with Crippen molar-refractivity contribution in [2.45, 2.75) is 29.4 Å². The summed E-state index contributed by atoms with van der Waals surface area (Å²) in [5.74, 6) is 1.69. The van der Waals surface area contributed by atoms with Crippen molar-refractivity contribution in [3.63, 3.8) is 0 Å². The molecule has 0 radical (unpaired) electrons. The third kappa shape index (κ3) is 4.35. The molecule has 1 atom stereocenters. The van der Waals surface area contributed by atoms with Gasteiger partial charge < -0.3 is 9.84 Å². The zero-order valence-electron chi connectivity index (χ0n) is 12.0. The lowest BCUT2D eigenvalue weighted by molar-refractivity contribution is 0.298. The van der Waals surface area contributed by atoms with E-state index in [1.54, 1.807) is 12.1 Å². The molecule has 0 spiro atoms. The Hall–Kier alpha value is -0.760. The van der Waals surface area contributed by atoms with E-state index in [-0.39, 0.29) is 17.9 Å². The van der Waals surface area contributed by atoms with Crippen LogP contribution in [0.1, 0.15) is 18.4 Å². The molecule has 1 aromatic rings. The largest absolute Gasteiger partial charge is 0.497 e. The molecular formula is C14H21NO4S2. The highest BCUT2D eigenvalue weighted by Gasteiger charge is 2.22. The Morgan fingerprint density at radius 2 is 2.29 bits per heavy atom. The number of methoxy groups -OCH3 is 1. The first kappa shape index (κ1) is 16.6. The van der Waals surface area contributed by atoms with Crippen LogP contribution in [0, 0.1) is 0 Å². The van der Waals surface area contributed by atoms with E-state index in [0.717, 1.165) is 18.6 Å². The van der Waals surface area contributed by atoms with E-state index in [1.165, 1.54) is 13.2 Å². The zero-order chi connectivity index (χ0) is 15.3. The summed E-state index contributed by atoms with van der Waals surface area (Å²) in [5, 5.41) is 9.48. The maximum atomic E-state index is 12.4. The van der Waals surface area contributed by atoms with Crippen LogP contribution in [0.25, 0.3) is 0 Å². The first-order chi connectivity index (χ1) is 10.1. The number of thioether (sulfide) groups is 1. The van der Waals surface area contributed by atoms with Gasteiger partial charge >= 0.3 is 0 Å². The Bertz CT molecular complexity index is 568. The fraction of sp³-hybridized carbons (Fsp3) is 0.571. The minimum absolute atomic E-state index is 0.103. The maximum Gasteiger partial charge on any atom is 0.240 e. The van der Waals surface area contributed by atoms with Crippen LogP contribution in [0.5, 0.6) is 5.75 Å². The number of aliphatic hydroxyl groups is 1. The van der Waals surface area contributed by atoms with Crippen molar-refractivity contribution in [2.75, 3.05) is 26.0 Å². The molecule has 7 heteroatoms. The molecule has 1 saturated heterocycles. The van der Waals surface area contributed by atoms with Gasteiger partial charge in [-0.2, -0.15) is 11.8 Å². The highest BCUT2D eigenvalue weighted by Crippen LogP contribution is 2.26. The topological polar surface area (TPSA) is 75.6 Å². The van der Waals surface area contributed by atoms with Gasteiger partial charge in [-0.15, -0.1) is 0 Å². The number of benzene rings is 1. The number of sulfonamides is 1. The van der Waals surface area contributed by atoms with Crippen molar-refractivity contribution in [2.24, 2.45) is 0 Å². The van der Waals surface area contributed by atoms with Crippen molar-refractivity contribution in [3.05, 3.63) is 23.8 Å². The highest BCUT2D eigenvalue weighted by molar-refractivity contribution is 8.00. The molecule has 118 valence electrons. The predicted molar refractivity (Wildman–Crippen MR) is 84.5 cm³/mol. The van der Waals surface area contributed by atoms with Gasteiger partial charge in [0.05, 0.1) is 12.0 Å². The van der Waals surface area contributed by atoms with Gasteiger partial charge in [-0.25, -0.2) is 13.1 Å². The van der Waals surface area contributed by atoms with Gasteiger partial charge in [0, 0.05) is 18.4 Å². The second-order valence-corrected chi connectivity index (χ2v) is 8.08. The number of aliphatic hydroxyl groups excluding tert-OH is 1. The predicted octanol–water partition coefficient (Wildman–Crippen LogP) is 1.40. The monoisotopic (exact) mass is 331 g/mol. The smallest absolute Gasteiger partial charge is 0.240 e. The van der Waals surface area contributed by atoms with Crippen LogP contribution in [0.2, 0.25) is 0 Å². The summed E-state index contributed by atoms with van der Waals surface area (Å²) in [6, 6.07) is 4.82. The maximum absolute atomic E-state index is 12.4. The average molecular weight is 331 g/mol. The van der Waals surface area contributed by atoms with Gasteiger partial charge in [-0.05, 0) is 48.8 Å². The van der Waals surface area contributed by atoms with Crippen LogP contribution in [0.15, 0.2) is 23.1 Å². The minimum Gasteiger partial charge on any atom is -0.497 e. The highest BCUT2D eigenvalue weighted by atomic mass is 32.2. The molecule has 1 fully saturated rings. The molecule has 0 bridgehead atoms. The molecular weight excluding hydrogens is 310 g/mol. The van der Waals surface area contributed by atoms with Gasteiger partial charge in [0.25, 0.3) is 0 Å². The van der Waals surface area contributed by atoms with E-state index in [4.69, 9.17) is 9.84 Å². The molecule has 2 N–H and O–H groups in total. The number of rotatable bonds is 7. The zero-order valence-corrected chi connectivity index (χ0v) is 13.7. The van der Waals surface area contributed by atoms with E-state index < -0.39 is 10.0 Å². The van der Waals surface area contributed by atoms with Crippen LogP contribution >= 0.6 is 11.8 Å². The summed E-state index contributed by atoms with van der Waals surface area (Å²) in [4.78, 5) is 0.223. The average Bonchev–Trinajstić information content (AvgIpc) is 2.99. The van der Waals surface area contributed by atoms with Crippen molar-refractivity contribution in [1.29, 1.82) is 0 Å². The van der Waals surface area contributed by atoms with Gasteiger partial charge in [-0.3, -0.25) is 0 Å². The molecule has 1 heterocycles. The number of ether oxygens (including phenoxy) is 1.